The van der Waals surface area contributed by atoms with Gasteiger partial charge in [-0.3, -0.25) is 14.8 Å². The van der Waals surface area contributed by atoms with Gasteiger partial charge in [-0.15, -0.1) is 11.3 Å². The molecule has 2 aliphatic rings. The first kappa shape index (κ1) is 15.8. The molecular weight excluding hydrogens is 320 g/mol. The second kappa shape index (κ2) is 7.07. The quantitative estimate of drug-likeness (QED) is 0.876. The van der Waals surface area contributed by atoms with Crippen LogP contribution in [-0.4, -0.2) is 40.6 Å². The molecule has 3 heterocycles. The zero-order chi connectivity index (χ0) is 16.4. The molecule has 1 fully saturated rings. The van der Waals surface area contributed by atoms with Crippen LogP contribution < -0.4 is 5.32 Å². The Balaban J connectivity index is 1.29. The third-order valence-corrected chi connectivity index (χ3v) is 6.00. The van der Waals surface area contributed by atoms with Gasteiger partial charge in [0.1, 0.15) is 0 Å². The third kappa shape index (κ3) is 3.39. The van der Waals surface area contributed by atoms with Crippen molar-refractivity contribution >= 4 is 17.2 Å². The van der Waals surface area contributed by atoms with Crippen LogP contribution in [0.1, 0.15) is 45.9 Å². The van der Waals surface area contributed by atoms with Gasteiger partial charge in [0.15, 0.2) is 5.69 Å². The number of hydrogen-bond donors (Lipinski definition) is 2. The number of aromatic amines is 1. The van der Waals surface area contributed by atoms with Crippen molar-refractivity contribution in [2.45, 2.75) is 38.6 Å². The first-order chi connectivity index (χ1) is 11.8. The van der Waals surface area contributed by atoms with Gasteiger partial charge in [0.25, 0.3) is 5.91 Å². The van der Waals surface area contributed by atoms with Gasteiger partial charge >= 0.3 is 0 Å². The average molecular weight is 344 g/mol. The van der Waals surface area contributed by atoms with Crippen LogP contribution in [0.4, 0.5) is 0 Å². The molecule has 128 valence electrons. The first-order valence-electron chi connectivity index (χ1n) is 8.88. The topological polar surface area (TPSA) is 61.0 Å². The Kier molecular flexibility index (Phi) is 4.67. The molecule has 0 radical (unpaired) electrons. The Bertz CT molecular complexity index is 694. The van der Waals surface area contributed by atoms with Crippen molar-refractivity contribution in [2.75, 3.05) is 19.6 Å². The molecule has 2 aromatic heterocycles. The molecule has 24 heavy (non-hydrogen) atoms. The molecule has 1 atom stereocenters. The summed E-state index contributed by atoms with van der Waals surface area (Å²) in [6, 6.07) is 4.32. The van der Waals surface area contributed by atoms with E-state index in [0.717, 1.165) is 56.7 Å². The molecule has 2 aromatic rings. The van der Waals surface area contributed by atoms with Crippen LogP contribution in [0, 0.1) is 5.92 Å². The number of amides is 1. The van der Waals surface area contributed by atoms with Crippen LogP contribution in [-0.2, 0) is 19.4 Å². The van der Waals surface area contributed by atoms with E-state index in [4.69, 9.17) is 0 Å². The van der Waals surface area contributed by atoms with Crippen LogP contribution in [0.25, 0.3) is 0 Å². The standard InChI is InChI=1S/C18H24N4OS/c23-18(17-15-6-1-7-16(15)20-21-17)19-10-13-4-2-8-22(11-13)12-14-5-3-9-24-14/h3,5,9,13H,1-2,4,6-8,10-12H2,(H,19,23)(H,20,21)/t13-/m1/s1. The molecule has 0 unspecified atom stereocenters. The number of thiophene rings is 1. The number of rotatable bonds is 5. The fourth-order valence-corrected chi connectivity index (χ4v) is 4.66. The molecule has 5 nitrogen and oxygen atoms in total. The van der Waals surface area contributed by atoms with Crippen LogP contribution in [0.2, 0.25) is 0 Å². The molecule has 0 spiro atoms. The lowest BCUT2D eigenvalue weighted by Crippen LogP contribution is -2.40. The molecule has 0 bridgehead atoms. The Labute approximate surface area is 146 Å². The maximum Gasteiger partial charge on any atom is 0.272 e. The minimum Gasteiger partial charge on any atom is -0.350 e. The molecule has 1 saturated heterocycles. The van der Waals surface area contributed by atoms with Gasteiger partial charge < -0.3 is 5.32 Å². The van der Waals surface area contributed by atoms with E-state index in [1.54, 1.807) is 0 Å². The summed E-state index contributed by atoms with van der Waals surface area (Å²) in [5.41, 5.74) is 2.91. The van der Waals surface area contributed by atoms with Crippen molar-refractivity contribution in [1.82, 2.24) is 20.4 Å². The van der Waals surface area contributed by atoms with Crippen molar-refractivity contribution in [2.24, 2.45) is 5.92 Å². The highest BCUT2D eigenvalue weighted by Gasteiger charge is 2.25. The summed E-state index contributed by atoms with van der Waals surface area (Å²) in [6.07, 6.45) is 5.54. The van der Waals surface area contributed by atoms with E-state index in [0.29, 0.717) is 11.6 Å². The number of H-pyrrole nitrogens is 1. The highest BCUT2D eigenvalue weighted by Crippen LogP contribution is 2.23. The SMILES string of the molecule is O=C(NC[C@H]1CCCN(Cc2cccs2)C1)c1n[nH]c2c1CCC2. The lowest BCUT2D eigenvalue weighted by atomic mass is 9.98. The summed E-state index contributed by atoms with van der Waals surface area (Å²) in [5.74, 6) is 0.527. The zero-order valence-corrected chi connectivity index (χ0v) is 14.7. The predicted octanol–water partition coefficient (Wildman–Crippen LogP) is 2.60. The monoisotopic (exact) mass is 344 g/mol. The van der Waals surface area contributed by atoms with Gasteiger partial charge in [0.05, 0.1) is 0 Å². The molecular formula is C18H24N4OS. The molecule has 2 N–H and O–H groups in total. The third-order valence-electron chi connectivity index (χ3n) is 5.14. The lowest BCUT2D eigenvalue weighted by molar-refractivity contribution is 0.0925. The Morgan fingerprint density at radius 2 is 2.38 bits per heavy atom. The lowest BCUT2D eigenvalue weighted by Gasteiger charge is -2.32. The van der Waals surface area contributed by atoms with Crippen molar-refractivity contribution < 1.29 is 4.79 Å². The minimum absolute atomic E-state index is 0.00946. The minimum atomic E-state index is -0.00946. The molecule has 6 heteroatoms. The summed E-state index contributed by atoms with van der Waals surface area (Å²) in [5, 5.41) is 12.5. The van der Waals surface area contributed by atoms with Gasteiger partial charge in [-0.25, -0.2) is 0 Å². The summed E-state index contributed by atoms with van der Waals surface area (Å²) < 4.78 is 0. The number of nitrogens with zero attached hydrogens (tertiary/aromatic N) is 2. The summed E-state index contributed by atoms with van der Waals surface area (Å²) in [7, 11) is 0. The molecule has 1 aliphatic heterocycles. The zero-order valence-electron chi connectivity index (χ0n) is 13.9. The van der Waals surface area contributed by atoms with E-state index < -0.39 is 0 Å². The van der Waals surface area contributed by atoms with E-state index in [1.807, 2.05) is 11.3 Å². The highest BCUT2D eigenvalue weighted by molar-refractivity contribution is 7.09. The molecule has 0 saturated carbocycles. The smallest absolute Gasteiger partial charge is 0.272 e. The molecule has 1 amide bonds. The van der Waals surface area contributed by atoms with Gasteiger partial charge in [-0.05, 0) is 56.0 Å². The average Bonchev–Trinajstić information content (AvgIpc) is 3.30. The predicted molar refractivity (Wildman–Crippen MR) is 95.3 cm³/mol. The van der Waals surface area contributed by atoms with E-state index in [2.05, 4.69) is 37.9 Å². The van der Waals surface area contributed by atoms with Gasteiger partial charge in [-0.1, -0.05) is 6.07 Å². The first-order valence-corrected chi connectivity index (χ1v) is 9.76. The van der Waals surface area contributed by atoms with Crippen LogP contribution in [0.3, 0.4) is 0 Å². The number of aryl methyl sites for hydroxylation is 1. The van der Waals surface area contributed by atoms with E-state index >= 15 is 0 Å². The summed E-state index contributed by atoms with van der Waals surface area (Å²) >= 11 is 1.82. The number of likely N-dealkylation sites (tertiary alicyclic amines) is 1. The van der Waals surface area contributed by atoms with Crippen LogP contribution in [0.15, 0.2) is 17.5 Å². The van der Waals surface area contributed by atoms with Gasteiger partial charge in [0.2, 0.25) is 0 Å². The normalized spacial score (nSPS) is 20.9. The number of piperidine rings is 1. The fraction of sp³-hybridized carbons (Fsp3) is 0.556. The summed E-state index contributed by atoms with van der Waals surface area (Å²) in [4.78, 5) is 16.4. The second-order valence-electron chi connectivity index (χ2n) is 6.92. The Morgan fingerprint density at radius 3 is 3.25 bits per heavy atom. The molecule has 0 aromatic carbocycles. The Hall–Kier alpha value is -1.66. The summed E-state index contributed by atoms with van der Waals surface area (Å²) in [6.45, 7) is 4.02. The number of carbonyl (C=O) groups excluding carboxylic acids is 1. The maximum atomic E-state index is 12.4. The van der Waals surface area contributed by atoms with E-state index in [9.17, 15) is 4.79 Å². The van der Waals surface area contributed by atoms with Crippen molar-refractivity contribution in [3.05, 3.63) is 39.3 Å². The largest absolute Gasteiger partial charge is 0.350 e. The number of carbonyl (C=O) groups is 1. The Morgan fingerprint density at radius 1 is 1.42 bits per heavy atom. The van der Waals surface area contributed by atoms with Gasteiger partial charge in [0, 0.05) is 35.8 Å². The number of aromatic nitrogens is 2. The number of hydrogen-bond acceptors (Lipinski definition) is 4. The van der Waals surface area contributed by atoms with Crippen LogP contribution in [0.5, 0.6) is 0 Å². The number of fused-ring (bicyclic) bond motifs is 1. The molecule has 4 rings (SSSR count). The van der Waals surface area contributed by atoms with Crippen LogP contribution >= 0.6 is 11.3 Å². The second-order valence-corrected chi connectivity index (χ2v) is 7.95. The van der Waals surface area contributed by atoms with Crippen molar-refractivity contribution in [3.63, 3.8) is 0 Å². The van der Waals surface area contributed by atoms with Crippen molar-refractivity contribution in [1.29, 1.82) is 0 Å². The van der Waals surface area contributed by atoms with E-state index in [1.165, 1.54) is 17.7 Å². The van der Waals surface area contributed by atoms with E-state index in [-0.39, 0.29) is 5.91 Å². The van der Waals surface area contributed by atoms with Crippen molar-refractivity contribution in [3.8, 4) is 0 Å². The fourth-order valence-electron chi connectivity index (χ4n) is 3.91. The number of nitrogens with one attached hydrogen (secondary N) is 2. The van der Waals surface area contributed by atoms with Gasteiger partial charge in [-0.2, -0.15) is 5.10 Å². The maximum absolute atomic E-state index is 12.4. The molecule has 1 aliphatic carbocycles. The highest BCUT2D eigenvalue weighted by atomic mass is 32.1.